The second-order valence-corrected chi connectivity index (χ2v) is 6.52. The highest BCUT2D eigenvalue weighted by Gasteiger charge is 2.42. The zero-order chi connectivity index (χ0) is 23.2. The maximum absolute atomic E-state index is 13.8. The van der Waals surface area contributed by atoms with Gasteiger partial charge in [0.2, 0.25) is 0 Å². The van der Waals surface area contributed by atoms with E-state index >= 15 is 0 Å². The molecule has 5 nitrogen and oxygen atoms in total. The Kier molecular flexibility index (Phi) is 5.15. The molecule has 4 rings (SSSR count). The number of cyclic esters (lactones) is 1. The lowest BCUT2D eigenvalue weighted by Crippen LogP contribution is -2.16. The van der Waals surface area contributed by atoms with Crippen LogP contribution in [0.1, 0.15) is 27.2 Å². The van der Waals surface area contributed by atoms with E-state index in [2.05, 4.69) is 5.10 Å². The number of halogens is 7. The Morgan fingerprint density at radius 1 is 0.969 bits per heavy atom. The molecule has 0 saturated heterocycles. The molecule has 0 fully saturated rings. The largest absolute Gasteiger partial charge is 0.457 e. The highest BCUT2D eigenvalue weighted by Crippen LogP contribution is 2.38. The fourth-order valence-corrected chi connectivity index (χ4v) is 3.00. The Labute approximate surface area is 174 Å². The number of rotatable bonds is 4. The van der Waals surface area contributed by atoms with Crippen LogP contribution in [0.4, 0.5) is 36.4 Å². The van der Waals surface area contributed by atoms with Crippen molar-refractivity contribution in [2.45, 2.75) is 12.8 Å². The molecule has 0 bridgehead atoms. The number of benzene rings is 2. The molecule has 2 aromatic carbocycles. The third-order valence-electron chi connectivity index (χ3n) is 4.51. The summed E-state index contributed by atoms with van der Waals surface area (Å²) >= 11 is 0. The maximum Gasteiger partial charge on any atom is 0.422 e. The first-order valence-corrected chi connectivity index (χ1v) is 8.70. The van der Waals surface area contributed by atoms with Crippen molar-refractivity contribution >= 4 is 17.9 Å². The molecule has 0 saturated carbocycles. The number of carbonyl (C=O) groups excluding carboxylic acids is 1. The van der Waals surface area contributed by atoms with E-state index in [9.17, 15) is 35.5 Å². The topological polar surface area (TPSA) is 63.8 Å². The second kappa shape index (κ2) is 7.70. The Hall–Kier alpha value is -3.83. The molecular weight excluding hydrogens is 449 g/mol. The summed E-state index contributed by atoms with van der Waals surface area (Å²) in [6.07, 6.45) is -4.75. The summed E-state index contributed by atoms with van der Waals surface area (Å²) < 4.78 is 103. The number of nitrogens with zero attached hydrogens (tertiary/aromatic N) is 1. The monoisotopic (exact) mass is 458 g/mol. The number of carbonyl (C=O) groups is 1. The zero-order valence-electron chi connectivity index (χ0n) is 15.5. The van der Waals surface area contributed by atoms with Gasteiger partial charge in [0.25, 0.3) is 0 Å². The minimum absolute atomic E-state index is 0.0361. The number of fused-ring (bicyclic) bond motifs is 1. The number of hydrogen-bond acceptors (Lipinski definition) is 5. The fraction of sp³-hybridized carbons (Fsp3) is 0.100. The van der Waals surface area contributed by atoms with Crippen molar-refractivity contribution in [2.24, 2.45) is 5.10 Å². The molecule has 1 aliphatic heterocycles. The molecule has 0 aliphatic carbocycles. The first-order valence-electron chi connectivity index (χ1n) is 8.70. The van der Waals surface area contributed by atoms with Crippen LogP contribution in [0.15, 0.2) is 39.9 Å². The Bertz CT molecular complexity index is 1240. The van der Waals surface area contributed by atoms with Crippen LogP contribution in [0.25, 0.3) is 11.3 Å². The van der Waals surface area contributed by atoms with Crippen LogP contribution in [0.5, 0.6) is 0 Å². The van der Waals surface area contributed by atoms with Gasteiger partial charge in [0.15, 0.2) is 23.3 Å². The molecule has 2 heterocycles. The van der Waals surface area contributed by atoms with Gasteiger partial charge in [-0.25, -0.2) is 22.4 Å². The SMILES string of the molecule is O=C1OCc2cc(-c3ccc(/C=N/Nc4c(F)c(F)c(C(F)(F)F)c(F)c4F)o3)ccc21. The number of hydrogen-bond donors (Lipinski definition) is 1. The van der Waals surface area contributed by atoms with Crippen LogP contribution in [0.2, 0.25) is 0 Å². The predicted octanol–water partition coefficient (Wildman–Crippen LogP) is 5.64. The smallest absolute Gasteiger partial charge is 0.422 e. The molecule has 166 valence electrons. The number of anilines is 1. The maximum atomic E-state index is 13.8. The van der Waals surface area contributed by atoms with Crippen molar-refractivity contribution < 1.29 is 44.7 Å². The van der Waals surface area contributed by atoms with Crippen LogP contribution in [0, 0.1) is 23.3 Å². The number of esters is 1. The van der Waals surface area contributed by atoms with Crippen molar-refractivity contribution in [2.75, 3.05) is 5.43 Å². The number of alkyl halides is 3. The lowest BCUT2D eigenvalue weighted by atomic mass is 10.0. The molecule has 0 unspecified atom stereocenters. The number of nitrogens with one attached hydrogen (secondary N) is 1. The summed E-state index contributed by atoms with van der Waals surface area (Å²) in [4.78, 5) is 11.5. The molecule has 1 N–H and O–H groups in total. The average Bonchev–Trinajstić information content (AvgIpc) is 3.35. The third kappa shape index (κ3) is 3.67. The molecule has 1 aliphatic rings. The normalized spacial score (nSPS) is 13.5. The van der Waals surface area contributed by atoms with Gasteiger partial charge in [-0.3, -0.25) is 5.43 Å². The molecule has 12 heteroatoms. The summed E-state index contributed by atoms with van der Waals surface area (Å²) in [5.74, 6) is -9.86. The molecule has 0 amide bonds. The number of furan rings is 1. The van der Waals surface area contributed by atoms with Gasteiger partial charge in [-0.1, -0.05) is 6.07 Å². The summed E-state index contributed by atoms with van der Waals surface area (Å²) in [6, 6.07) is 7.73. The minimum Gasteiger partial charge on any atom is -0.457 e. The van der Waals surface area contributed by atoms with Gasteiger partial charge in [0.1, 0.15) is 29.4 Å². The fourth-order valence-electron chi connectivity index (χ4n) is 3.00. The van der Waals surface area contributed by atoms with Crippen LogP contribution >= 0.6 is 0 Å². The lowest BCUT2D eigenvalue weighted by molar-refractivity contribution is -0.143. The van der Waals surface area contributed by atoms with Crippen LogP contribution in [-0.2, 0) is 17.5 Å². The van der Waals surface area contributed by atoms with Crippen LogP contribution < -0.4 is 5.43 Å². The van der Waals surface area contributed by atoms with Gasteiger partial charge in [-0.15, -0.1) is 0 Å². The van der Waals surface area contributed by atoms with E-state index in [4.69, 9.17) is 9.15 Å². The van der Waals surface area contributed by atoms with Crippen molar-refractivity contribution in [3.63, 3.8) is 0 Å². The first kappa shape index (κ1) is 21.4. The molecule has 3 aromatic rings. The van der Waals surface area contributed by atoms with Crippen molar-refractivity contribution in [1.82, 2.24) is 0 Å². The van der Waals surface area contributed by atoms with E-state index in [1.54, 1.807) is 23.6 Å². The molecule has 1 aromatic heterocycles. The van der Waals surface area contributed by atoms with E-state index < -0.39 is 46.7 Å². The standard InChI is InChI=1S/C20H9F7N2O3/c21-14-13(20(25,26)27)15(22)17(24)18(16(14)23)29-28-6-10-2-4-12(32-10)8-1-3-11-9(5-8)7-31-19(11)30/h1-6,29H,7H2/b28-6+. The van der Waals surface area contributed by atoms with E-state index in [1.807, 2.05) is 0 Å². The molecule has 0 atom stereocenters. The van der Waals surface area contributed by atoms with E-state index in [1.165, 1.54) is 12.1 Å². The van der Waals surface area contributed by atoms with E-state index in [-0.39, 0.29) is 12.4 Å². The van der Waals surface area contributed by atoms with E-state index in [0.29, 0.717) is 22.5 Å². The quantitative estimate of drug-likeness (QED) is 0.181. The summed E-state index contributed by atoms with van der Waals surface area (Å²) in [7, 11) is 0. The van der Waals surface area contributed by atoms with Crippen LogP contribution in [-0.4, -0.2) is 12.2 Å². The minimum atomic E-state index is -5.64. The Morgan fingerprint density at radius 2 is 1.66 bits per heavy atom. The van der Waals surface area contributed by atoms with Gasteiger partial charge in [0.05, 0.1) is 11.8 Å². The van der Waals surface area contributed by atoms with Crippen LogP contribution in [0.3, 0.4) is 0 Å². The second-order valence-electron chi connectivity index (χ2n) is 6.52. The Morgan fingerprint density at radius 3 is 2.31 bits per heavy atom. The first-order chi connectivity index (χ1) is 15.1. The molecule has 0 spiro atoms. The van der Waals surface area contributed by atoms with Gasteiger partial charge in [-0.2, -0.15) is 18.3 Å². The summed E-state index contributed by atoms with van der Waals surface area (Å²) in [5, 5.41) is 3.35. The molecule has 32 heavy (non-hydrogen) atoms. The molecule has 0 radical (unpaired) electrons. The van der Waals surface area contributed by atoms with E-state index in [0.717, 1.165) is 6.21 Å². The van der Waals surface area contributed by atoms with Gasteiger partial charge >= 0.3 is 12.1 Å². The van der Waals surface area contributed by atoms with Crippen molar-refractivity contribution in [1.29, 1.82) is 0 Å². The van der Waals surface area contributed by atoms with Crippen molar-refractivity contribution in [3.8, 4) is 11.3 Å². The number of hydrazone groups is 1. The number of ether oxygens (including phenoxy) is 1. The molecular formula is C20H9F7N2O3. The third-order valence-corrected chi connectivity index (χ3v) is 4.51. The average molecular weight is 458 g/mol. The predicted molar refractivity (Wildman–Crippen MR) is 95.8 cm³/mol. The highest BCUT2D eigenvalue weighted by molar-refractivity contribution is 5.94. The zero-order valence-corrected chi connectivity index (χ0v) is 15.5. The van der Waals surface area contributed by atoms with Crippen molar-refractivity contribution in [3.05, 3.63) is 76.1 Å². The summed E-state index contributed by atoms with van der Waals surface area (Å²) in [6.45, 7) is 0.109. The highest BCUT2D eigenvalue weighted by atomic mass is 19.4. The van der Waals surface area contributed by atoms with Gasteiger partial charge < -0.3 is 9.15 Å². The van der Waals surface area contributed by atoms with Gasteiger partial charge in [-0.05, 0) is 24.3 Å². The Balaban J connectivity index is 1.55. The van der Waals surface area contributed by atoms with Gasteiger partial charge in [0, 0.05) is 11.1 Å². The summed E-state index contributed by atoms with van der Waals surface area (Å²) in [5.41, 5.74) is -0.932. The lowest BCUT2D eigenvalue weighted by Gasteiger charge is -2.13.